The highest BCUT2D eigenvalue weighted by atomic mass is 32.1. The highest BCUT2D eigenvalue weighted by Gasteiger charge is 2.58. The van der Waals surface area contributed by atoms with E-state index in [0.29, 0.717) is 36.0 Å². The van der Waals surface area contributed by atoms with E-state index in [4.69, 9.17) is 9.47 Å². The molecule has 0 radical (unpaired) electrons. The van der Waals surface area contributed by atoms with Crippen molar-refractivity contribution >= 4 is 23.2 Å². The quantitative estimate of drug-likeness (QED) is 0.638. The maximum absolute atomic E-state index is 13.4. The van der Waals surface area contributed by atoms with E-state index >= 15 is 0 Å². The molecule has 1 atom stereocenters. The Balaban J connectivity index is 1.66. The summed E-state index contributed by atoms with van der Waals surface area (Å²) >= 11 is 0.585. The fourth-order valence-corrected chi connectivity index (χ4v) is 3.42. The molecule has 1 aliphatic rings. The number of aromatic nitrogens is 1. The fraction of sp³-hybridized carbons (Fsp3) is 0.353. The number of ether oxygens (including phenoxy) is 2. The molecular weight excluding hydrogens is 415 g/mol. The SMILES string of the molecule is Cc1csc(C(O)(CC(=O)NNC(=O)c2ccc3c(c2)OCCO3)C(F)(F)F)n1. The highest BCUT2D eigenvalue weighted by Crippen LogP contribution is 2.42. The lowest BCUT2D eigenvalue weighted by Gasteiger charge is -2.27. The van der Waals surface area contributed by atoms with Crippen LogP contribution in [-0.4, -0.2) is 41.3 Å². The van der Waals surface area contributed by atoms with Gasteiger partial charge in [0.15, 0.2) is 11.5 Å². The van der Waals surface area contributed by atoms with Crippen molar-refractivity contribution in [2.45, 2.75) is 25.1 Å². The van der Waals surface area contributed by atoms with E-state index in [2.05, 4.69) is 4.98 Å². The van der Waals surface area contributed by atoms with Crippen LogP contribution in [0.3, 0.4) is 0 Å². The first-order valence-corrected chi connectivity index (χ1v) is 9.18. The van der Waals surface area contributed by atoms with Crippen molar-refractivity contribution in [2.24, 2.45) is 0 Å². The van der Waals surface area contributed by atoms with Crippen molar-refractivity contribution in [2.75, 3.05) is 13.2 Å². The number of aryl methyl sites for hydroxylation is 1. The van der Waals surface area contributed by atoms with Crippen LogP contribution in [0.4, 0.5) is 13.2 Å². The van der Waals surface area contributed by atoms with Crippen LogP contribution in [0.2, 0.25) is 0 Å². The number of hydrazine groups is 1. The lowest BCUT2D eigenvalue weighted by atomic mass is 9.99. The van der Waals surface area contributed by atoms with E-state index in [-0.39, 0.29) is 11.3 Å². The summed E-state index contributed by atoms with van der Waals surface area (Å²) in [6, 6.07) is 4.28. The van der Waals surface area contributed by atoms with Crippen LogP contribution < -0.4 is 20.3 Å². The van der Waals surface area contributed by atoms with Crippen molar-refractivity contribution in [3.8, 4) is 11.5 Å². The van der Waals surface area contributed by atoms with Crippen LogP contribution in [-0.2, 0) is 10.4 Å². The minimum Gasteiger partial charge on any atom is -0.486 e. The number of carbonyl (C=O) groups excluding carboxylic acids is 2. The second-order valence-corrected chi connectivity index (χ2v) is 7.05. The molecule has 1 unspecified atom stereocenters. The molecule has 1 aromatic heterocycles. The number of amides is 2. The number of thiazole rings is 1. The van der Waals surface area contributed by atoms with Gasteiger partial charge in [-0.1, -0.05) is 0 Å². The second kappa shape index (κ2) is 7.87. The molecule has 2 aromatic rings. The summed E-state index contributed by atoms with van der Waals surface area (Å²) in [6.07, 6.45) is -6.51. The molecule has 1 aromatic carbocycles. The molecule has 0 bridgehead atoms. The molecule has 3 rings (SSSR count). The van der Waals surface area contributed by atoms with E-state index in [1.807, 2.05) is 10.9 Å². The zero-order chi connectivity index (χ0) is 21.2. The Bertz CT molecular complexity index is 933. The molecule has 3 N–H and O–H groups in total. The smallest absolute Gasteiger partial charge is 0.424 e. The number of hydrogen-bond donors (Lipinski definition) is 3. The van der Waals surface area contributed by atoms with Crippen LogP contribution in [0.1, 0.15) is 27.5 Å². The number of nitrogens with zero attached hydrogens (tertiary/aromatic N) is 1. The van der Waals surface area contributed by atoms with E-state index in [9.17, 15) is 27.9 Å². The Morgan fingerprint density at radius 1 is 1.21 bits per heavy atom. The van der Waals surface area contributed by atoms with Crippen LogP contribution >= 0.6 is 11.3 Å². The Morgan fingerprint density at radius 2 is 1.90 bits per heavy atom. The molecule has 0 spiro atoms. The van der Waals surface area contributed by atoms with Gasteiger partial charge in [-0.2, -0.15) is 13.2 Å². The van der Waals surface area contributed by atoms with Gasteiger partial charge in [-0.05, 0) is 25.1 Å². The van der Waals surface area contributed by atoms with Crippen molar-refractivity contribution in [3.63, 3.8) is 0 Å². The number of fused-ring (bicyclic) bond motifs is 1. The molecule has 12 heteroatoms. The van der Waals surface area contributed by atoms with Gasteiger partial charge in [0.25, 0.3) is 5.91 Å². The van der Waals surface area contributed by atoms with Gasteiger partial charge >= 0.3 is 6.18 Å². The average molecular weight is 431 g/mol. The van der Waals surface area contributed by atoms with E-state index in [0.717, 1.165) is 0 Å². The largest absolute Gasteiger partial charge is 0.486 e. The molecule has 2 amide bonds. The molecule has 8 nitrogen and oxygen atoms in total. The fourth-order valence-electron chi connectivity index (χ4n) is 2.50. The molecule has 0 saturated heterocycles. The Labute approximate surface area is 166 Å². The number of alkyl halides is 3. The lowest BCUT2D eigenvalue weighted by molar-refractivity contribution is -0.267. The molecule has 29 heavy (non-hydrogen) atoms. The van der Waals surface area contributed by atoms with Gasteiger partial charge in [-0.3, -0.25) is 20.4 Å². The Kier molecular flexibility index (Phi) is 5.66. The number of aliphatic hydroxyl groups is 1. The molecule has 0 aliphatic carbocycles. The number of benzene rings is 1. The first-order valence-electron chi connectivity index (χ1n) is 8.31. The molecule has 156 valence electrons. The van der Waals surface area contributed by atoms with Crippen LogP contribution in [0.25, 0.3) is 0 Å². The van der Waals surface area contributed by atoms with Gasteiger partial charge in [-0.15, -0.1) is 11.3 Å². The first-order chi connectivity index (χ1) is 13.6. The zero-order valence-corrected chi connectivity index (χ0v) is 15.8. The summed E-state index contributed by atoms with van der Waals surface area (Å²) in [4.78, 5) is 27.8. The normalized spacial score (nSPS) is 15.3. The van der Waals surface area contributed by atoms with Crippen molar-refractivity contribution in [3.05, 3.63) is 39.8 Å². The number of carbonyl (C=O) groups is 2. The van der Waals surface area contributed by atoms with E-state index in [1.165, 1.54) is 30.5 Å². The number of nitrogens with one attached hydrogen (secondary N) is 2. The Morgan fingerprint density at radius 3 is 2.52 bits per heavy atom. The number of hydrogen-bond acceptors (Lipinski definition) is 7. The van der Waals surface area contributed by atoms with Gasteiger partial charge in [0, 0.05) is 16.6 Å². The summed E-state index contributed by atoms with van der Waals surface area (Å²) in [5.74, 6) is -1.24. The highest BCUT2D eigenvalue weighted by molar-refractivity contribution is 7.09. The topological polar surface area (TPSA) is 110 Å². The summed E-state index contributed by atoms with van der Waals surface area (Å²) < 4.78 is 50.9. The third-order valence-corrected chi connectivity index (χ3v) is 5.09. The number of halogens is 3. The van der Waals surface area contributed by atoms with Gasteiger partial charge in [0.1, 0.15) is 18.2 Å². The van der Waals surface area contributed by atoms with Crippen LogP contribution in [0.15, 0.2) is 23.6 Å². The molecule has 1 aliphatic heterocycles. The molecule has 0 saturated carbocycles. The van der Waals surface area contributed by atoms with E-state index in [1.54, 1.807) is 0 Å². The number of rotatable bonds is 4. The van der Waals surface area contributed by atoms with Crippen LogP contribution in [0.5, 0.6) is 11.5 Å². The van der Waals surface area contributed by atoms with Gasteiger partial charge < -0.3 is 14.6 Å². The van der Waals surface area contributed by atoms with Gasteiger partial charge in [0.2, 0.25) is 11.5 Å². The summed E-state index contributed by atoms with van der Waals surface area (Å²) in [5, 5.41) is 10.8. The van der Waals surface area contributed by atoms with Gasteiger partial charge in [0.05, 0.1) is 6.42 Å². The van der Waals surface area contributed by atoms with Gasteiger partial charge in [-0.25, -0.2) is 4.98 Å². The summed E-state index contributed by atoms with van der Waals surface area (Å²) in [7, 11) is 0. The zero-order valence-electron chi connectivity index (χ0n) is 15.0. The third kappa shape index (κ3) is 4.43. The minimum atomic E-state index is -5.14. The standard InChI is InChI=1S/C17H16F3N3O5S/c1-9-8-29-15(21-9)16(26,17(18,19)20)7-13(24)22-23-14(25)10-2-3-11-12(6-10)28-5-4-27-11/h2-3,6,8,26H,4-5,7H2,1H3,(H,22,24)(H,23,25). The molecule has 0 fully saturated rings. The first kappa shape index (κ1) is 20.9. The molecular formula is C17H16F3N3O5S. The van der Waals surface area contributed by atoms with Crippen LogP contribution in [0, 0.1) is 6.92 Å². The van der Waals surface area contributed by atoms with Crippen molar-refractivity contribution < 1.29 is 37.3 Å². The van der Waals surface area contributed by atoms with Crippen molar-refractivity contribution in [1.29, 1.82) is 0 Å². The lowest BCUT2D eigenvalue weighted by Crippen LogP contribution is -2.49. The monoisotopic (exact) mass is 431 g/mol. The predicted octanol–water partition coefficient (Wildman–Crippen LogP) is 1.82. The average Bonchev–Trinajstić information content (AvgIpc) is 3.11. The molecule has 2 heterocycles. The minimum absolute atomic E-state index is 0.0937. The third-order valence-electron chi connectivity index (χ3n) is 3.98. The maximum atomic E-state index is 13.4. The Hall–Kier alpha value is -2.86. The second-order valence-electron chi connectivity index (χ2n) is 6.19. The predicted molar refractivity (Wildman–Crippen MR) is 94.5 cm³/mol. The summed E-state index contributed by atoms with van der Waals surface area (Å²) in [5.41, 5.74) is 0.775. The summed E-state index contributed by atoms with van der Waals surface area (Å²) in [6.45, 7) is 2.14. The maximum Gasteiger partial charge on any atom is 0.424 e. The van der Waals surface area contributed by atoms with E-state index < -0.39 is 35.0 Å². The van der Waals surface area contributed by atoms with Crippen molar-refractivity contribution in [1.82, 2.24) is 15.8 Å².